The third kappa shape index (κ3) is 6.13. The second kappa shape index (κ2) is 7.20. The fourth-order valence-corrected chi connectivity index (χ4v) is 2.17. The number of hydrogen-bond donors (Lipinski definition) is 3. The molecule has 4 N–H and O–H groups in total. The highest BCUT2D eigenvalue weighted by atomic mass is 15.0. The van der Waals surface area contributed by atoms with Gasteiger partial charge in [-0.3, -0.25) is 0 Å². The molecule has 3 heteroatoms. The molecule has 1 rings (SSSR count). The van der Waals surface area contributed by atoms with Crippen LogP contribution in [0, 0.1) is 5.92 Å². The minimum Gasteiger partial charge on any atom is -0.328 e. The average Bonchev–Trinajstić information content (AvgIpc) is 2.17. The Bertz CT molecular complexity index is 159. The minimum atomic E-state index is 0.430. The maximum Gasteiger partial charge on any atom is 0.00823 e. The molecule has 15 heavy (non-hydrogen) atoms. The Morgan fingerprint density at radius 2 is 2.07 bits per heavy atom. The van der Waals surface area contributed by atoms with E-state index in [1.807, 2.05) is 0 Å². The molecule has 0 amide bonds. The molecular weight excluding hydrogens is 186 g/mol. The van der Waals surface area contributed by atoms with Crippen LogP contribution in [0.5, 0.6) is 0 Å². The predicted octanol–water partition coefficient (Wildman–Crippen LogP) is 1.09. The van der Waals surface area contributed by atoms with E-state index in [9.17, 15) is 0 Å². The van der Waals surface area contributed by atoms with Gasteiger partial charge in [-0.05, 0) is 31.7 Å². The molecule has 2 unspecified atom stereocenters. The molecule has 0 spiro atoms. The van der Waals surface area contributed by atoms with Gasteiger partial charge in [0.2, 0.25) is 0 Å². The molecule has 0 aromatic rings. The van der Waals surface area contributed by atoms with Crippen molar-refractivity contribution in [2.45, 2.75) is 51.6 Å². The van der Waals surface area contributed by atoms with Crippen LogP contribution in [0.4, 0.5) is 0 Å². The van der Waals surface area contributed by atoms with Crippen molar-refractivity contribution in [3.8, 4) is 0 Å². The number of rotatable bonds is 6. The molecule has 0 bridgehead atoms. The van der Waals surface area contributed by atoms with Gasteiger partial charge < -0.3 is 16.4 Å². The molecule has 0 aliphatic heterocycles. The SMILES string of the molecule is CC(C)CNCCNC1CCCC(N)C1. The zero-order valence-corrected chi connectivity index (χ0v) is 10.3. The molecule has 3 nitrogen and oxygen atoms in total. The summed E-state index contributed by atoms with van der Waals surface area (Å²) >= 11 is 0. The van der Waals surface area contributed by atoms with Crippen LogP contribution in [-0.4, -0.2) is 31.7 Å². The van der Waals surface area contributed by atoms with Crippen LogP contribution in [0.2, 0.25) is 0 Å². The molecule has 1 saturated carbocycles. The first-order chi connectivity index (χ1) is 7.18. The van der Waals surface area contributed by atoms with E-state index in [0.29, 0.717) is 12.1 Å². The van der Waals surface area contributed by atoms with Crippen LogP contribution >= 0.6 is 0 Å². The van der Waals surface area contributed by atoms with Crippen LogP contribution < -0.4 is 16.4 Å². The summed E-state index contributed by atoms with van der Waals surface area (Å²) < 4.78 is 0. The van der Waals surface area contributed by atoms with Gasteiger partial charge in [-0.25, -0.2) is 0 Å². The predicted molar refractivity (Wildman–Crippen MR) is 65.9 cm³/mol. The Hall–Kier alpha value is -0.120. The monoisotopic (exact) mass is 213 g/mol. The van der Waals surface area contributed by atoms with Crippen LogP contribution in [0.3, 0.4) is 0 Å². The third-order valence-corrected chi connectivity index (χ3v) is 3.00. The molecule has 90 valence electrons. The summed E-state index contributed by atoms with van der Waals surface area (Å²) in [6.45, 7) is 7.74. The number of nitrogens with two attached hydrogens (primary N) is 1. The van der Waals surface area contributed by atoms with Gasteiger partial charge in [0.05, 0.1) is 0 Å². The van der Waals surface area contributed by atoms with E-state index in [1.165, 1.54) is 19.3 Å². The smallest absolute Gasteiger partial charge is 0.00823 e. The average molecular weight is 213 g/mol. The Morgan fingerprint density at radius 1 is 1.27 bits per heavy atom. The summed E-state index contributed by atoms with van der Waals surface area (Å²) in [5.41, 5.74) is 5.94. The molecular formula is C12H27N3. The summed E-state index contributed by atoms with van der Waals surface area (Å²) in [5.74, 6) is 0.744. The summed E-state index contributed by atoms with van der Waals surface area (Å²) in [6.07, 6.45) is 4.96. The molecule has 0 aromatic heterocycles. The van der Waals surface area contributed by atoms with Crippen molar-refractivity contribution in [2.24, 2.45) is 11.7 Å². The zero-order chi connectivity index (χ0) is 11.1. The Labute approximate surface area is 94.2 Å². The van der Waals surface area contributed by atoms with E-state index >= 15 is 0 Å². The van der Waals surface area contributed by atoms with Crippen molar-refractivity contribution in [3.63, 3.8) is 0 Å². The molecule has 1 aliphatic carbocycles. The van der Waals surface area contributed by atoms with Crippen molar-refractivity contribution in [2.75, 3.05) is 19.6 Å². The van der Waals surface area contributed by atoms with E-state index in [0.717, 1.165) is 32.0 Å². The summed E-state index contributed by atoms with van der Waals surface area (Å²) in [5, 5.41) is 7.03. The molecule has 0 saturated heterocycles. The van der Waals surface area contributed by atoms with E-state index in [1.54, 1.807) is 0 Å². The lowest BCUT2D eigenvalue weighted by atomic mass is 9.92. The van der Waals surface area contributed by atoms with Crippen LogP contribution in [0.15, 0.2) is 0 Å². The van der Waals surface area contributed by atoms with Gasteiger partial charge in [-0.1, -0.05) is 20.3 Å². The van der Waals surface area contributed by atoms with Gasteiger partial charge >= 0.3 is 0 Å². The van der Waals surface area contributed by atoms with Gasteiger partial charge in [-0.15, -0.1) is 0 Å². The van der Waals surface area contributed by atoms with Crippen molar-refractivity contribution in [1.82, 2.24) is 10.6 Å². The van der Waals surface area contributed by atoms with Crippen LogP contribution in [0.1, 0.15) is 39.5 Å². The van der Waals surface area contributed by atoms with Gasteiger partial charge in [0.15, 0.2) is 0 Å². The summed E-state index contributed by atoms with van der Waals surface area (Å²) in [4.78, 5) is 0. The van der Waals surface area contributed by atoms with Gasteiger partial charge in [0, 0.05) is 25.2 Å². The second-order valence-corrected chi connectivity index (χ2v) is 5.18. The first-order valence-electron chi connectivity index (χ1n) is 6.38. The normalized spacial score (nSPS) is 27.2. The minimum absolute atomic E-state index is 0.430. The topological polar surface area (TPSA) is 50.1 Å². The molecule has 0 heterocycles. The van der Waals surface area contributed by atoms with Crippen molar-refractivity contribution in [3.05, 3.63) is 0 Å². The van der Waals surface area contributed by atoms with Crippen molar-refractivity contribution >= 4 is 0 Å². The fourth-order valence-electron chi connectivity index (χ4n) is 2.17. The molecule has 0 radical (unpaired) electrons. The lowest BCUT2D eigenvalue weighted by Crippen LogP contribution is -2.42. The van der Waals surface area contributed by atoms with Crippen LogP contribution in [-0.2, 0) is 0 Å². The fraction of sp³-hybridized carbons (Fsp3) is 1.00. The Morgan fingerprint density at radius 3 is 2.73 bits per heavy atom. The van der Waals surface area contributed by atoms with Gasteiger partial charge in [0.25, 0.3) is 0 Å². The zero-order valence-electron chi connectivity index (χ0n) is 10.3. The maximum absolute atomic E-state index is 5.94. The number of hydrogen-bond acceptors (Lipinski definition) is 3. The second-order valence-electron chi connectivity index (χ2n) is 5.18. The summed E-state index contributed by atoms with van der Waals surface area (Å²) in [6, 6.07) is 1.09. The highest BCUT2D eigenvalue weighted by Crippen LogP contribution is 2.16. The maximum atomic E-state index is 5.94. The highest BCUT2D eigenvalue weighted by Gasteiger charge is 2.17. The van der Waals surface area contributed by atoms with Crippen LogP contribution in [0.25, 0.3) is 0 Å². The molecule has 1 fully saturated rings. The van der Waals surface area contributed by atoms with Gasteiger partial charge in [0.1, 0.15) is 0 Å². The van der Waals surface area contributed by atoms with Crippen molar-refractivity contribution in [1.29, 1.82) is 0 Å². The van der Waals surface area contributed by atoms with E-state index < -0.39 is 0 Å². The quantitative estimate of drug-likeness (QED) is 0.579. The standard InChI is InChI=1S/C12H27N3/c1-10(2)9-14-6-7-15-12-5-3-4-11(13)8-12/h10-12,14-15H,3-9,13H2,1-2H3. The third-order valence-electron chi connectivity index (χ3n) is 3.00. The molecule has 2 atom stereocenters. The van der Waals surface area contributed by atoms with E-state index in [4.69, 9.17) is 5.73 Å². The van der Waals surface area contributed by atoms with Crippen molar-refractivity contribution < 1.29 is 0 Å². The molecule has 0 aromatic carbocycles. The lowest BCUT2D eigenvalue weighted by molar-refractivity contribution is 0.338. The Balaban J connectivity index is 1.95. The Kier molecular flexibility index (Phi) is 6.22. The van der Waals surface area contributed by atoms with E-state index in [2.05, 4.69) is 24.5 Å². The first kappa shape index (κ1) is 12.9. The summed E-state index contributed by atoms with van der Waals surface area (Å²) in [7, 11) is 0. The largest absolute Gasteiger partial charge is 0.328 e. The first-order valence-corrected chi connectivity index (χ1v) is 6.38. The van der Waals surface area contributed by atoms with Gasteiger partial charge in [-0.2, -0.15) is 0 Å². The molecule has 1 aliphatic rings. The van der Waals surface area contributed by atoms with E-state index in [-0.39, 0.29) is 0 Å². The number of nitrogens with one attached hydrogen (secondary N) is 2. The lowest BCUT2D eigenvalue weighted by Gasteiger charge is -2.27. The highest BCUT2D eigenvalue weighted by molar-refractivity contribution is 4.79.